The molecule has 0 fully saturated rings. The van der Waals surface area contributed by atoms with E-state index in [9.17, 15) is 4.79 Å². The van der Waals surface area contributed by atoms with Crippen LogP contribution in [-0.2, 0) is 24.3 Å². The Hall–Kier alpha value is 1.40. The molecular weight excluding hydrogens is 271 g/mol. The van der Waals surface area contributed by atoms with Crippen LogP contribution < -0.4 is 0 Å². The van der Waals surface area contributed by atoms with Gasteiger partial charge in [0.05, 0.1) is 0 Å². The molecule has 0 aliphatic carbocycles. The summed E-state index contributed by atoms with van der Waals surface area (Å²) >= 11 is 0. The van der Waals surface area contributed by atoms with Gasteiger partial charge in [-0.3, -0.25) is 0 Å². The summed E-state index contributed by atoms with van der Waals surface area (Å²) in [6.45, 7) is 2.96. The topological polar surface area (TPSA) is 37.3 Å². The fourth-order valence-electron chi connectivity index (χ4n) is 0. The molecule has 0 radical (unpaired) electrons. The zero-order valence-electron chi connectivity index (χ0n) is 3.35. The first-order chi connectivity index (χ1) is 2.27. The second-order valence-electron chi connectivity index (χ2n) is 0.542. The third-order valence-electron chi connectivity index (χ3n) is 0.175. The van der Waals surface area contributed by atoms with Gasteiger partial charge in [0, 0.05) is 25.6 Å². The fourth-order valence-corrected chi connectivity index (χ4v) is 0. The van der Waals surface area contributed by atoms with Crippen molar-refractivity contribution in [3.8, 4) is 0 Å². The molecule has 0 aromatic heterocycles. The van der Waals surface area contributed by atoms with Gasteiger partial charge in [-0.1, -0.05) is 6.58 Å². The molecule has 0 amide bonds. The molecule has 0 atom stereocenters. The van der Waals surface area contributed by atoms with Crippen molar-refractivity contribution in [1.29, 1.82) is 0 Å². The first-order valence-corrected chi connectivity index (χ1v) is 1.12. The number of hydrogen-bond acceptors (Lipinski definition) is 1. The molecule has 4 heteroatoms. The van der Waals surface area contributed by atoms with E-state index in [1.54, 1.807) is 0 Å². The van der Waals surface area contributed by atoms with Crippen LogP contribution in [0.5, 0.6) is 0 Å². The summed E-state index contributed by atoms with van der Waals surface area (Å²) in [7, 11) is 0. The molecule has 0 aromatic carbocycles. The maximum Gasteiger partial charge on any atom is 0 e. The molecular formula is C3H6BaO2Zn. The van der Waals surface area contributed by atoms with Crippen molar-refractivity contribution in [1.82, 2.24) is 0 Å². The van der Waals surface area contributed by atoms with E-state index in [0.29, 0.717) is 0 Å². The maximum atomic E-state index is 9.25. The average molecular weight is 277 g/mol. The summed E-state index contributed by atoms with van der Waals surface area (Å²) in [5.74, 6) is -0.981. The molecule has 34 valence electrons. The van der Waals surface area contributed by atoms with E-state index < -0.39 is 5.97 Å². The number of rotatable bonds is 1. The number of carboxylic acid groups (broad SMARTS) is 1. The average Bonchev–Trinajstić information content (AvgIpc) is 1.38. The van der Waals surface area contributed by atoms with Crippen molar-refractivity contribution in [2.75, 3.05) is 0 Å². The summed E-state index contributed by atoms with van der Waals surface area (Å²) in [5.41, 5.74) is 0. The number of hydrogen-bond donors (Lipinski definition) is 1. The second kappa shape index (κ2) is 10.4. The molecule has 0 saturated heterocycles. The zero-order valence-corrected chi connectivity index (χ0v) is 6.31. The van der Waals surface area contributed by atoms with Gasteiger partial charge in [0.25, 0.3) is 0 Å². The van der Waals surface area contributed by atoms with Gasteiger partial charge in [-0.2, -0.15) is 0 Å². The van der Waals surface area contributed by atoms with Crippen molar-refractivity contribution >= 4 is 54.9 Å². The second-order valence-corrected chi connectivity index (χ2v) is 0.542. The van der Waals surface area contributed by atoms with Gasteiger partial charge >= 0.3 is 54.9 Å². The Morgan fingerprint density at radius 2 is 1.86 bits per heavy atom. The third-order valence-corrected chi connectivity index (χ3v) is 0.175. The molecule has 0 aliphatic rings. The van der Waals surface area contributed by atoms with Gasteiger partial charge in [0.1, 0.15) is 0 Å². The molecule has 0 aromatic rings. The summed E-state index contributed by atoms with van der Waals surface area (Å²) in [4.78, 5) is 9.25. The predicted octanol–water partition coefficient (Wildman–Crippen LogP) is -0.662. The molecule has 2 nitrogen and oxygen atoms in total. The number of aliphatic carboxylic acids is 1. The molecule has 0 heterocycles. The summed E-state index contributed by atoms with van der Waals surface area (Å²) in [6.07, 6.45) is 0.833. The normalized spacial score (nSPS) is 4.57. The van der Waals surface area contributed by atoms with Crippen LogP contribution in [0.25, 0.3) is 0 Å². The van der Waals surface area contributed by atoms with Gasteiger partial charge in [0.15, 0.2) is 0 Å². The Bertz CT molecular complexity index is 64.0. The Labute approximate surface area is 95.2 Å². The van der Waals surface area contributed by atoms with Crippen LogP contribution in [-0.4, -0.2) is 60.0 Å². The molecule has 1 N–H and O–H groups in total. The quantitative estimate of drug-likeness (QED) is 0.510. The van der Waals surface area contributed by atoms with Crippen LogP contribution in [0.2, 0.25) is 0 Å². The van der Waals surface area contributed by atoms with E-state index >= 15 is 0 Å². The van der Waals surface area contributed by atoms with Crippen molar-refractivity contribution in [3.63, 3.8) is 0 Å². The van der Waals surface area contributed by atoms with Crippen molar-refractivity contribution in [2.45, 2.75) is 0 Å². The Kier molecular flexibility index (Phi) is 23.4. The smallest absolute Gasteiger partial charge is 0 e. The summed E-state index contributed by atoms with van der Waals surface area (Å²) in [5, 5.41) is 7.60. The molecule has 0 saturated carbocycles. The SMILES string of the molecule is C=CC(=O)O.[BaH2].[Zn]. The predicted molar refractivity (Wildman–Crippen MR) is 26.4 cm³/mol. The van der Waals surface area contributed by atoms with Crippen LogP contribution >= 0.6 is 0 Å². The first-order valence-electron chi connectivity index (χ1n) is 1.12. The van der Waals surface area contributed by atoms with E-state index in [2.05, 4.69) is 6.58 Å². The third kappa shape index (κ3) is 18.7. The molecule has 0 aliphatic heterocycles. The van der Waals surface area contributed by atoms with E-state index in [4.69, 9.17) is 5.11 Å². The van der Waals surface area contributed by atoms with E-state index in [-0.39, 0.29) is 68.4 Å². The monoisotopic (exact) mass is 276 g/mol. The van der Waals surface area contributed by atoms with E-state index in [1.165, 1.54) is 0 Å². The molecule has 0 unspecified atom stereocenters. The number of carbonyl (C=O) groups is 1. The van der Waals surface area contributed by atoms with Crippen LogP contribution in [0, 0.1) is 0 Å². The summed E-state index contributed by atoms with van der Waals surface area (Å²) < 4.78 is 0. The molecule has 0 bridgehead atoms. The Morgan fingerprint density at radius 3 is 1.86 bits per heavy atom. The van der Waals surface area contributed by atoms with Crippen molar-refractivity contribution < 1.29 is 29.4 Å². The van der Waals surface area contributed by atoms with E-state index in [0.717, 1.165) is 6.08 Å². The van der Waals surface area contributed by atoms with Crippen molar-refractivity contribution in [2.24, 2.45) is 0 Å². The Balaban J connectivity index is -0.0000000800. The molecule has 7 heavy (non-hydrogen) atoms. The minimum Gasteiger partial charge on any atom is 0 e. The fraction of sp³-hybridized carbons (Fsp3) is 0. The Morgan fingerprint density at radius 1 is 1.71 bits per heavy atom. The molecule has 0 spiro atoms. The van der Waals surface area contributed by atoms with Gasteiger partial charge in [-0.25, -0.2) is 4.79 Å². The van der Waals surface area contributed by atoms with Crippen LogP contribution in [0.15, 0.2) is 12.7 Å². The standard InChI is InChI=1S/C3H4O2.Ba.Zn.2H/c1-2-3(4)5;;;;/h2H,1H2,(H,4,5);;;;. The zero-order chi connectivity index (χ0) is 4.28. The van der Waals surface area contributed by atoms with Crippen LogP contribution in [0.4, 0.5) is 0 Å². The minimum absolute atomic E-state index is 0. The minimum atomic E-state index is -0.981. The van der Waals surface area contributed by atoms with Gasteiger partial charge in [-0.05, 0) is 0 Å². The molecule has 0 rings (SSSR count). The van der Waals surface area contributed by atoms with Gasteiger partial charge in [0.2, 0.25) is 0 Å². The van der Waals surface area contributed by atoms with Crippen LogP contribution in [0.1, 0.15) is 0 Å². The van der Waals surface area contributed by atoms with Crippen LogP contribution in [0.3, 0.4) is 0 Å². The summed E-state index contributed by atoms with van der Waals surface area (Å²) in [6, 6.07) is 0. The van der Waals surface area contributed by atoms with Crippen molar-refractivity contribution in [3.05, 3.63) is 12.7 Å². The van der Waals surface area contributed by atoms with Gasteiger partial charge in [-0.15, -0.1) is 0 Å². The maximum absolute atomic E-state index is 9.25. The van der Waals surface area contributed by atoms with E-state index in [1.807, 2.05) is 0 Å². The number of carboxylic acids is 1. The largest absolute Gasteiger partial charge is 0 e. The first kappa shape index (κ1) is 15.8. The van der Waals surface area contributed by atoms with Gasteiger partial charge < -0.3 is 5.11 Å².